The molecule has 1 atom stereocenters. The minimum Gasteiger partial charge on any atom is -0.377 e. The predicted octanol–water partition coefficient (Wildman–Crippen LogP) is 2.48. The zero-order chi connectivity index (χ0) is 17.0. The standard InChI is InChI=1S/C19H25N3O2/c1-24-19(9-7-18(20)23)8-3-11-22(14-19)13-15-5-6-17-16(12-15)4-2-10-21-17/h2,4-6,10,12H,3,7-9,11,13-14H2,1H3,(H2,20,23)/t19-/m1/s1. The van der Waals surface area contributed by atoms with Gasteiger partial charge < -0.3 is 10.5 Å². The summed E-state index contributed by atoms with van der Waals surface area (Å²) in [6, 6.07) is 10.5. The Morgan fingerprint density at radius 1 is 1.42 bits per heavy atom. The van der Waals surface area contributed by atoms with Crippen molar-refractivity contribution in [3.8, 4) is 0 Å². The van der Waals surface area contributed by atoms with Crippen molar-refractivity contribution in [3.63, 3.8) is 0 Å². The van der Waals surface area contributed by atoms with Gasteiger partial charge in [-0.1, -0.05) is 12.1 Å². The number of aromatic nitrogens is 1. The third-order valence-electron chi connectivity index (χ3n) is 4.95. The van der Waals surface area contributed by atoms with Gasteiger partial charge in [0.2, 0.25) is 5.91 Å². The number of nitrogens with two attached hydrogens (primary N) is 1. The molecule has 2 aromatic rings. The number of fused-ring (bicyclic) bond motifs is 1. The number of hydrogen-bond acceptors (Lipinski definition) is 4. The Hall–Kier alpha value is -1.98. The van der Waals surface area contributed by atoms with Gasteiger partial charge in [-0.15, -0.1) is 0 Å². The second-order valence-electron chi connectivity index (χ2n) is 6.70. The van der Waals surface area contributed by atoms with E-state index in [0.717, 1.165) is 38.0 Å². The van der Waals surface area contributed by atoms with E-state index in [4.69, 9.17) is 10.5 Å². The summed E-state index contributed by atoms with van der Waals surface area (Å²) in [5.74, 6) is -0.259. The van der Waals surface area contributed by atoms with Crippen LogP contribution in [0.15, 0.2) is 36.5 Å². The molecule has 1 aromatic heterocycles. The first-order valence-electron chi connectivity index (χ1n) is 8.50. The number of carbonyl (C=O) groups is 1. The van der Waals surface area contributed by atoms with Gasteiger partial charge in [-0.25, -0.2) is 0 Å². The molecule has 5 heteroatoms. The van der Waals surface area contributed by atoms with Crippen LogP contribution in [0.4, 0.5) is 0 Å². The SMILES string of the molecule is CO[C@@]1(CCC(N)=O)CCCN(Cc2ccc3ncccc3c2)C1. The molecule has 0 unspecified atom stereocenters. The van der Waals surface area contributed by atoms with Crippen LogP contribution in [0.3, 0.4) is 0 Å². The monoisotopic (exact) mass is 327 g/mol. The zero-order valence-electron chi connectivity index (χ0n) is 14.2. The first-order valence-corrected chi connectivity index (χ1v) is 8.50. The average molecular weight is 327 g/mol. The Bertz CT molecular complexity index is 719. The van der Waals surface area contributed by atoms with Crippen LogP contribution in [0.25, 0.3) is 10.9 Å². The van der Waals surface area contributed by atoms with Gasteiger partial charge in [0, 0.05) is 38.2 Å². The lowest BCUT2D eigenvalue weighted by Crippen LogP contribution is -2.49. The van der Waals surface area contributed by atoms with E-state index in [1.165, 1.54) is 10.9 Å². The van der Waals surface area contributed by atoms with Crippen LogP contribution in [0.2, 0.25) is 0 Å². The largest absolute Gasteiger partial charge is 0.377 e. The molecule has 1 fully saturated rings. The molecule has 0 aliphatic carbocycles. The van der Waals surface area contributed by atoms with Gasteiger partial charge in [-0.05, 0) is 49.6 Å². The first-order chi connectivity index (χ1) is 11.6. The summed E-state index contributed by atoms with van der Waals surface area (Å²) in [7, 11) is 1.74. The first kappa shape index (κ1) is 16.9. The Kier molecular flexibility index (Phi) is 5.11. The molecule has 0 spiro atoms. The number of rotatable bonds is 6. The molecule has 1 aliphatic rings. The van der Waals surface area contributed by atoms with Crippen molar-refractivity contribution in [3.05, 3.63) is 42.1 Å². The number of amides is 1. The molecule has 1 saturated heterocycles. The highest BCUT2D eigenvalue weighted by Crippen LogP contribution is 2.30. The van der Waals surface area contributed by atoms with Crippen molar-refractivity contribution in [1.82, 2.24) is 9.88 Å². The lowest BCUT2D eigenvalue weighted by molar-refractivity contribution is -0.121. The fraction of sp³-hybridized carbons (Fsp3) is 0.474. The topological polar surface area (TPSA) is 68.5 Å². The molecule has 24 heavy (non-hydrogen) atoms. The van der Waals surface area contributed by atoms with Crippen molar-refractivity contribution >= 4 is 16.8 Å². The fourth-order valence-electron chi connectivity index (χ4n) is 3.63. The van der Waals surface area contributed by atoms with Crippen LogP contribution in [0, 0.1) is 0 Å². The summed E-state index contributed by atoms with van der Waals surface area (Å²) >= 11 is 0. The maximum atomic E-state index is 11.1. The highest BCUT2D eigenvalue weighted by atomic mass is 16.5. The molecule has 1 aliphatic heterocycles. The molecule has 0 radical (unpaired) electrons. The van der Waals surface area contributed by atoms with E-state index in [1.807, 2.05) is 12.3 Å². The number of pyridine rings is 1. The summed E-state index contributed by atoms with van der Waals surface area (Å²) in [5, 5.41) is 1.17. The minimum atomic E-state index is -0.259. The number of primary amides is 1. The van der Waals surface area contributed by atoms with E-state index < -0.39 is 0 Å². The van der Waals surface area contributed by atoms with Crippen LogP contribution >= 0.6 is 0 Å². The fourth-order valence-corrected chi connectivity index (χ4v) is 3.63. The zero-order valence-corrected chi connectivity index (χ0v) is 14.2. The summed E-state index contributed by atoms with van der Waals surface area (Å²) in [5.41, 5.74) is 7.36. The highest BCUT2D eigenvalue weighted by Gasteiger charge is 2.35. The molecular weight excluding hydrogens is 302 g/mol. The number of carbonyl (C=O) groups excluding carboxylic acids is 1. The van der Waals surface area contributed by atoms with Gasteiger partial charge in [0.05, 0.1) is 11.1 Å². The third-order valence-corrected chi connectivity index (χ3v) is 4.95. The Balaban J connectivity index is 1.70. The number of nitrogens with zero attached hydrogens (tertiary/aromatic N) is 2. The van der Waals surface area contributed by atoms with Crippen molar-refractivity contribution in [1.29, 1.82) is 0 Å². The van der Waals surface area contributed by atoms with E-state index in [0.29, 0.717) is 12.8 Å². The summed E-state index contributed by atoms with van der Waals surface area (Å²) in [6.45, 7) is 2.77. The van der Waals surface area contributed by atoms with Crippen LogP contribution in [0.5, 0.6) is 0 Å². The molecule has 1 aromatic carbocycles. The van der Waals surface area contributed by atoms with Crippen LogP contribution in [-0.2, 0) is 16.1 Å². The van der Waals surface area contributed by atoms with E-state index in [2.05, 4.69) is 34.1 Å². The van der Waals surface area contributed by atoms with Crippen LogP contribution < -0.4 is 5.73 Å². The molecule has 2 N–H and O–H groups in total. The van der Waals surface area contributed by atoms with E-state index in [1.54, 1.807) is 7.11 Å². The van der Waals surface area contributed by atoms with Crippen LogP contribution in [-0.4, -0.2) is 41.6 Å². The second-order valence-corrected chi connectivity index (χ2v) is 6.70. The maximum absolute atomic E-state index is 11.1. The van der Waals surface area contributed by atoms with Gasteiger partial charge in [-0.3, -0.25) is 14.7 Å². The molecule has 3 rings (SSSR count). The number of benzene rings is 1. The summed E-state index contributed by atoms with van der Waals surface area (Å²) in [4.78, 5) is 17.9. The number of ether oxygens (including phenoxy) is 1. The Morgan fingerprint density at radius 3 is 3.08 bits per heavy atom. The van der Waals surface area contributed by atoms with Crippen molar-refractivity contribution < 1.29 is 9.53 Å². The summed E-state index contributed by atoms with van der Waals surface area (Å²) in [6.07, 6.45) is 4.94. The lowest BCUT2D eigenvalue weighted by Gasteiger charge is -2.42. The van der Waals surface area contributed by atoms with Gasteiger partial charge in [-0.2, -0.15) is 0 Å². The lowest BCUT2D eigenvalue weighted by atomic mass is 9.87. The average Bonchev–Trinajstić information content (AvgIpc) is 2.60. The number of methoxy groups -OCH3 is 1. The molecule has 1 amide bonds. The predicted molar refractivity (Wildman–Crippen MR) is 94.4 cm³/mol. The molecule has 0 saturated carbocycles. The minimum absolute atomic E-state index is 0.258. The van der Waals surface area contributed by atoms with Gasteiger partial charge in [0.25, 0.3) is 0 Å². The Labute approximate surface area is 142 Å². The van der Waals surface area contributed by atoms with Crippen molar-refractivity contribution in [2.45, 2.75) is 37.8 Å². The van der Waals surface area contributed by atoms with Crippen molar-refractivity contribution in [2.75, 3.05) is 20.2 Å². The van der Waals surface area contributed by atoms with E-state index in [9.17, 15) is 4.79 Å². The van der Waals surface area contributed by atoms with E-state index >= 15 is 0 Å². The van der Waals surface area contributed by atoms with Crippen molar-refractivity contribution in [2.24, 2.45) is 5.73 Å². The third kappa shape index (κ3) is 3.91. The number of piperidine rings is 1. The van der Waals surface area contributed by atoms with Gasteiger partial charge >= 0.3 is 0 Å². The molecule has 5 nitrogen and oxygen atoms in total. The van der Waals surface area contributed by atoms with Gasteiger partial charge in [0.1, 0.15) is 0 Å². The van der Waals surface area contributed by atoms with Gasteiger partial charge in [0.15, 0.2) is 0 Å². The highest BCUT2D eigenvalue weighted by molar-refractivity contribution is 5.78. The second kappa shape index (κ2) is 7.28. The molecular formula is C19H25N3O2. The molecule has 2 heterocycles. The molecule has 0 bridgehead atoms. The van der Waals surface area contributed by atoms with E-state index in [-0.39, 0.29) is 11.5 Å². The normalized spacial score (nSPS) is 21.9. The summed E-state index contributed by atoms with van der Waals surface area (Å²) < 4.78 is 5.81. The maximum Gasteiger partial charge on any atom is 0.217 e. The Morgan fingerprint density at radius 2 is 2.29 bits per heavy atom. The van der Waals surface area contributed by atoms with Crippen LogP contribution in [0.1, 0.15) is 31.2 Å². The number of likely N-dealkylation sites (tertiary alicyclic amines) is 1. The quantitative estimate of drug-likeness (QED) is 0.885. The molecule has 128 valence electrons. The smallest absolute Gasteiger partial charge is 0.217 e. The number of hydrogen-bond donors (Lipinski definition) is 1.